The summed E-state index contributed by atoms with van der Waals surface area (Å²) in [4.78, 5) is 0. The zero-order chi connectivity index (χ0) is 10.4. The van der Waals surface area contributed by atoms with Crippen LogP contribution in [0.5, 0.6) is 5.75 Å². The summed E-state index contributed by atoms with van der Waals surface area (Å²) in [5, 5.41) is 0. The molecule has 0 fully saturated rings. The van der Waals surface area contributed by atoms with Crippen molar-refractivity contribution < 1.29 is 34.9 Å². The van der Waals surface area contributed by atoms with Gasteiger partial charge in [-0.15, -0.1) is 12.1 Å². The first-order chi connectivity index (χ1) is 6.75. The smallest absolute Gasteiger partial charge is 1.00 e. The maximum atomic E-state index is 12.9. The van der Waals surface area contributed by atoms with Crippen molar-refractivity contribution in [2.75, 3.05) is 13.3 Å². The largest absolute Gasteiger partial charge is 2.00 e. The molecule has 0 heterocycles. The molecule has 0 unspecified atom stereocenters. The normalized spacial score (nSPS) is 8.94. The van der Waals surface area contributed by atoms with Crippen molar-refractivity contribution in [2.24, 2.45) is 0 Å². The molecule has 0 aliphatic carbocycles. The number of hydrogen-bond acceptors (Lipinski definition) is 1. The van der Waals surface area contributed by atoms with E-state index in [4.69, 9.17) is 4.74 Å². The fourth-order valence-corrected chi connectivity index (χ4v) is 0.919. The maximum absolute atomic E-state index is 12.9. The zero-order valence-corrected chi connectivity index (χ0v) is 11.6. The van der Waals surface area contributed by atoms with Gasteiger partial charge in [-0.2, -0.15) is 6.07 Å². The second kappa shape index (κ2) is 10.2. The number of benzene rings is 1. The monoisotopic (exact) mass is 306 g/mol. The van der Waals surface area contributed by atoms with E-state index in [1.807, 2.05) is 0 Å². The van der Waals surface area contributed by atoms with Gasteiger partial charge in [0, 0.05) is 11.6 Å². The first kappa shape index (κ1) is 18.4. The minimum Gasteiger partial charge on any atom is -1.00 e. The summed E-state index contributed by atoms with van der Waals surface area (Å²) < 4.78 is 42.1. The topological polar surface area (TPSA) is 9.23 Å². The predicted molar refractivity (Wildman–Crippen MR) is 51.7 cm³/mol. The third kappa shape index (κ3) is 5.96. The molecule has 6 heteroatoms. The standard InChI is InChI=1S/C10H10F3O.BrH.Mg/c11-6-1-2-7-14-9-5-3-4-8(12)10(9)13;;/h4-5H,1-2,6-7H2;1H;/q-1;;+2/p-1. The molecule has 0 amide bonds. The quantitative estimate of drug-likeness (QED) is 0.405. The maximum Gasteiger partial charge on any atom is 2.00 e. The summed E-state index contributed by atoms with van der Waals surface area (Å²) in [6.45, 7) is -0.251. The second-order valence-corrected chi connectivity index (χ2v) is 2.73. The Morgan fingerprint density at radius 1 is 1.19 bits per heavy atom. The second-order valence-electron chi connectivity index (χ2n) is 2.73. The summed E-state index contributed by atoms with van der Waals surface area (Å²) in [5.74, 6) is -2.19. The van der Waals surface area contributed by atoms with Gasteiger partial charge in [0.15, 0.2) is 0 Å². The van der Waals surface area contributed by atoms with Gasteiger partial charge in [0.25, 0.3) is 0 Å². The van der Waals surface area contributed by atoms with Crippen molar-refractivity contribution in [3.63, 3.8) is 0 Å². The molecule has 0 aliphatic heterocycles. The number of hydrogen-bond donors (Lipinski definition) is 0. The van der Waals surface area contributed by atoms with Crippen LogP contribution < -0.4 is 21.7 Å². The van der Waals surface area contributed by atoms with Crippen LogP contribution in [-0.2, 0) is 0 Å². The van der Waals surface area contributed by atoms with Crippen LogP contribution in [0, 0.1) is 17.7 Å². The Morgan fingerprint density at radius 3 is 2.50 bits per heavy atom. The molecular weight excluding hydrogens is 297 g/mol. The molecular formula is C10H10BrF3MgO. The minimum absolute atomic E-state index is 0. The van der Waals surface area contributed by atoms with Crippen molar-refractivity contribution in [1.82, 2.24) is 0 Å². The van der Waals surface area contributed by atoms with Crippen molar-refractivity contribution in [3.05, 3.63) is 29.8 Å². The van der Waals surface area contributed by atoms with Crippen LogP contribution in [0.25, 0.3) is 0 Å². The van der Waals surface area contributed by atoms with E-state index in [0.717, 1.165) is 6.07 Å². The Balaban J connectivity index is 0. The molecule has 1 aromatic carbocycles. The molecule has 86 valence electrons. The van der Waals surface area contributed by atoms with Crippen LogP contribution in [-0.4, -0.2) is 36.3 Å². The Bertz CT molecular complexity index is 299. The molecule has 1 nitrogen and oxygen atoms in total. The molecule has 0 saturated carbocycles. The molecule has 1 aromatic rings. The summed E-state index contributed by atoms with van der Waals surface area (Å²) in [6.07, 6.45) is 0.840. The summed E-state index contributed by atoms with van der Waals surface area (Å²) in [5.41, 5.74) is 0. The van der Waals surface area contributed by atoms with Crippen molar-refractivity contribution >= 4 is 23.1 Å². The predicted octanol–water partition coefficient (Wildman–Crippen LogP) is -0.483. The Labute approximate surface area is 119 Å². The van der Waals surface area contributed by atoms with Gasteiger partial charge in [0.1, 0.15) is 0 Å². The van der Waals surface area contributed by atoms with Gasteiger partial charge in [0.2, 0.25) is 0 Å². The van der Waals surface area contributed by atoms with Crippen LogP contribution >= 0.6 is 0 Å². The molecule has 16 heavy (non-hydrogen) atoms. The van der Waals surface area contributed by atoms with Gasteiger partial charge >= 0.3 is 23.1 Å². The van der Waals surface area contributed by atoms with E-state index >= 15 is 0 Å². The average Bonchev–Trinajstić information content (AvgIpc) is 2.19. The Morgan fingerprint density at radius 2 is 1.88 bits per heavy atom. The Hall–Kier alpha value is 0.0562. The van der Waals surface area contributed by atoms with Gasteiger partial charge < -0.3 is 21.7 Å². The third-order valence-electron chi connectivity index (χ3n) is 1.64. The fraction of sp³-hybridized carbons (Fsp3) is 0.400. The van der Waals surface area contributed by atoms with E-state index in [9.17, 15) is 13.2 Å². The number of ether oxygens (including phenoxy) is 1. The van der Waals surface area contributed by atoms with E-state index in [1.54, 1.807) is 0 Å². The van der Waals surface area contributed by atoms with Crippen LogP contribution in [0.2, 0.25) is 0 Å². The van der Waals surface area contributed by atoms with E-state index < -0.39 is 18.3 Å². The molecule has 0 bridgehead atoms. The van der Waals surface area contributed by atoms with Crippen molar-refractivity contribution in [3.8, 4) is 5.75 Å². The van der Waals surface area contributed by atoms with E-state index in [2.05, 4.69) is 6.07 Å². The van der Waals surface area contributed by atoms with E-state index in [1.165, 1.54) is 6.07 Å². The molecule has 0 aliphatic rings. The van der Waals surface area contributed by atoms with Crippen LogP contribution in [0.3, 0.4) is 0 Å². The number of alkyl halides is 1. The molecule has 0 radical (unpaired) electrons. The van der Waals surface area contributed by atoms with Crippen molar-refractivity contribution in [1.29, 1.82) is 0 Å². The number of rotatable bonds is 5. The summed E-state index contributed by atoms with van der Waals surface area (Å²) >= 11 is 0. The zero-order valence-electron chi connectivity index (χ0n) is 8.61. The number of halogens is 4. The first-order valence-electron chi connectivity index (χ1n) is 4.29. The third-order valence-corrected chi connectivity index (χ3v) is 1.64. The van der Waals surface area contributed by atoms with E-state index in [0.29, 0.717) is 12.8 Å². The summed E-state index contributed by atoms with van der Waals surface area (Å²) in [6, 6.07) is 4.51. The molecule has 0 atom stereocenters. The first-order valence-corrected chi connectivity index (χ1v) is 4.29. The fourth-order valence-electron chi connectivity index (χ4n) is 0.919. The molecule has 0 N–H and O–H groups in total. The van der Waals surface area contributed by atoms with Gasteiger partial charge in [-0.3, -0.25) is 8.78 Å². The van der Waals surface area contributed by atoms with Crippen LogP contribution in [0.1, 0.15) is 12.8 Å². The molecule has 0 spiro atoms. The van der Waals surface area contributed by atoms with E-state index in [-0.39, 0.29) is 52.4 Å². The van der Waals surface area contributed by atoms with Gasteiger partial charge in [-0.05, 0) is 12.8 Å². The Kier molecular flexibility index (Phi) is 11.8. The van der Waals surface area contributed by atoms with Gasteiger partial charge in [-0.1, -0.05) is 0 Å². The van der Waals surface area contributed by atoms with Crippen LogP contribution in [0.15, 0.2) is 12.1 Å². The van der Waals surface area contributed by atoms with Crippen molar-refractivity contribution in [2.45, 2.75) is 12.8 Å². The van der Waals surface area contributed by atoms with Crippen LogP contribution in [0.4, 0.5) is 13.2 Å². The summed E-state index contributed by atoms with van der Waals surface area (Å²) in [7, 11) is 0. The molecule has 0 aromatic heterocycles. The molecule has 0 saturated heterocycles. The minimum atomic E-state index is -1.02. The SMILES string of the molecule is FCCCCOc1c[c-]cc(F)c1F.[Br-].[Mg+2]. The van der Waals surface area contributed by atoms with Gasteiger partial charge in [-0.25, -0.2) is 4.39 Å². The molecule has 1 rings (SSSR count). The average molecular weight is 307 g/mol. The van der Waals surface area contributed by atoms with Gasteiger partial charge in [0.05, 0.1) is 19.1 Å². The number of unbranched alkanes of at least 4 members (excludes halogenated alkanes) is 1.